The van der Waals surface area contributed by atoms with Gasteiger partial charge in [-0.05, 0) is 64.5 Å². The molecule has 3 aromatic rings. The summed E-state index contributed by atoms with van der Waals surface area (Å²) in [6.07, 6.45) is 5.03. The number of carbonyl (C=O) groups is 4. The maximum absolute atomic E-state index is 14.1. The van der Waals surface area contributed by atoms with Crippen LogP contribution < -0.4 is 14.4 Å². The summed E-state index contributed by atoms with van der Waals surface area (Å²) in [5, 5.41) is 0. The zero-order chi connectivity index (χ0) is 28.8. The first-order valence-corrected chi connectivity index (χ1v) is 13.8. The fourth-order valence-electron chi connectivity index (χ4n) is 5.93. The van der Waals surface area contributed by atoms with Crippen molar-refractivity contribution in [2.24, 2.45) is 11.8 Å². The number of ketones is 2. The maximum atomic E-state index is 14.1. The zero-order valence-corrected chi connectivity index (χ0v) is 23.8. The lowest BCUT2D eigenvalue weighted by Crippen LogP contribution is -2.46. The number of methoxy groups -OCH3 is 2. The van der Waals surface area contributed by atoms with Crippen LogP contribution in [0.2, 0.25) is 0 Å². The molecule has 0 N–H and O–H groups in total. The van der Waals surface area contributed by atoms with E-state index in [2.05, 4.69) is 15.9 Å². The van der Waals surface area contributed by atoms with Crippen LogP contribution in [0.5, 0.6) is 11.5 Å². The normalized spacial score (nSPS) is 22.8. The summed E-state index contributed by atoms with van der Waals surface area (Å²) in [7, 11) is 3.06. The second-order valence-electron chi connectivity index (χ2n) is 9.99. The summed E-state index contributed by atoms with van der Waals surface area (Å²) in [6, 6.07) is 18.8. The number of hydrogen-bond donors (Lipinski definition) is 0. The SMILES string of the molecule is COc1ccc(N2C(=O)[C@@H]3[C@@H](C2=O)[C@@H](C(=O)c2ccc(OC)c(Br)c2)N2C=CC(C(=O)c4ccccc4)=C[C@H]32)cc1. The number of imide groups is 1. The standard InChI is InChI=1S/C32H25BrN2O6/c1-40-22-11-9-21(10-12-22)35-31(38)26-24-17-20(29(36)18-6-4-3-5-7-18)14-15-34(24)28(27(26)32(35)39)30(37)19-8-13-25(41-2)23(33)16-19/h3-17,24,26-28H,1-2H3/t24-,26+,27-,28+/m1/s1. The molecule has 8 nitrogen and oxygen atoms in total. The molecule has 206 valence electrons. The predicted octanol–water partition coefficient (Wildman–Crippen LogP) is 4.84. The first-order chi connectivity index (χ1) is 19.8. The third-order valence-electron chi connectivity index (χ3n) is 7.88. The quantitative estimate of drug-likeness (QED) is 0.278. The smallest absolute Gasteiger partial charge is 0.240 e. The van der Waals surface area contributed by atoms with E-state index >= 15 is 0 Å². The molecule has 2 amide bonds. The lowest BCUT2D eigenvalue weighted by Gasteiger charge is -2.33. The average Bonchev–Trinajstić information content (AvgIpc) is 3.48. The van der Waals surface area contributed by atoms with Gasteiger partial charge in [-0.3, -0.25) is 19.2 Å². The van der Waals surface area contributed by atoms with Crippen molar-refractivity contribution in [1.29, 1.82) is 0 Å². The largest absolute Gasteiger partial charge is 0.497 e. The summed E-state index contributed by atoms with van der Waals surface area (Å²) < 4.78 is 11.1. The zero-order valence-electron chi connectivity index (χ0n) is 22.2. The van der Waals surface area contributed by atoms with Gasteiger partial charge in [0, 0.05) is 22.9 Å². The number of fused-ring (bicyclic) bond motifs is 3. The number of halogens is 1. The van der Waals surface area contributed by atoms with Gasteiger partial charge >= 0.3 is 0 Å². The number of anilines is 1. The van der Waals surface area contributed by atoms with Gasteiger partial charge in [0.2, 0.25) is 11.8 Å². The lowest BCUT2D eigenvalue weighted by atomic mass is 9.85. The van der Waals surface area contributed by atoms with Crippen LogP contribution in [-0.4, -0.2) is 54.6 Å². The number of amides is 2. The van der Waals surface area contributed by atoms with Crippen molar-refractivity contribution in [3.05, 3.63) is 112 Å². The Bertz CT molecular complexity index is 1630. The van der Waals surface area contributed by atoms with Gasteiger partial charge in [-0.1, -0.05) is 36.4 Å². The predicted molar refractivity (Wildman–Crippen MR) is 155 cm³/mol. The van der Waals surface area contributed by atoms with Crippen molar-refractivity contribution < 1.29 is 28.7 Å². The first kappa shape index (κ1) is 26.7. The highest BCUT2D eigenvalue weighted by Gasteiger charge is 2.63. The molecule has 9 heteroatoms. The Morgan fingerprint density at radius 2 is 1.54 bits per heavy atom. The minimum Gasteiger partial charge on any atom is -0.497 e. The molecular formula is C32H25BrN2O6. The van der Waals surface area contributed by atoms with Crippen molar-refractivity contribution in [1.82, 2.24) is 4.90 Å². The highest BCUT2D eigenvalue weighted by molar-refractivity contribution is 9.10. The highest BCUT2D eigenvalue weighted by Crippen LogP contribution is 2.47. The number of hydrogen-bond acceptors (Lipinski definition) is 7. The van der Waals surface area contributed by atoms with E-state index in [-0.39, 0.29) is 11.6 Å². The van der Waals surface area contributed by atoms with Gasteiger partial charge in [0.15, 0.2) is 11.6 Å². The monoisotopic (exact) mass is 612 g/mol. The molecule has 3 aromatic carbocycles. The first-order valence-electron chi connectivity index (χ1n) is 13.0. The number of Topliss-reactive ketones (excluding diaryl/α,β-unsaturated/α-hetero) is 2. The van der Waals surface area contributed by atoms with Crippen LogP contribution in [0.25, 0.3) is 0 Å². The Morgan fingerprint density at radius 1 is 0.829 bits per heavy atom. The molecule has 0 saturated carbocycles. The van der Waals surface area contributed by atoms with Crippen LogP contribution in [0.1, 0.15) is 20.7 Å². The summed E-state index contributed by atoms with van der Waals surface area (Å²) in [5.74, 6) is -2.03. The van der Waals surface area contributed by atoms with Gasteiger partial charge in [-0.2, -0.15) is 0 Å². The van der Waals surface area contributed by atoms with E-state index in [1.807, 2.05) is 6.07 Å². The third kappa shape index (κ3) is 4.37. The van der Waals surface area contributed by atoms with E-state index in [1.54, 1.807) is 90.0 Å². The molecule has 0 aliphatic carbocycles. The van der Waals surface area contributed by atoms with Crippen molar-refractivity contribution in [3.63, 3.8) is 0 Å². The number of nitrogens with zero attached hydrogens (tertiary/aromatic N) is 2. The highest BCUT2D eigenvalue weighted by atomic mass is 79.9. The lowest BCUT2D eigenvalue weighted by molar-refractivity contribution is -0.123. The van der Waals surface area contributed by atoms with Gasteiger partial charge in [-0.25, -0.2) is 4.90 Å². The second kappa shape index (κ2) is 10.5. The molecule has 41 heavy (non-hydrogen) atoms. The third-order valence-corrected chi connectivity index (χ3v) is 8.50. The van der Waals surface area contributed by atoms with Gasteiger partial charge in [0.05, 0.1) is 42.3 Å². The van der Waals surface area contributed by atoms with Crippen molar-refractivity contribution in [2.75, 3.05) is 19.1 Å². The van der Waals surface area contributed by atoms with Crippen molar-refractivity contribution in [3.8, 4) is 11.5 Å². The summed E-state index contributed by atoms with van der Waals surface area (Å²) in [6.45, 7) is 0. The van der Waals surface area contributed by atoms with Crippen molar-refractivity contribution >= 4 is 45.0 Å². The molecule has 0 unspecified atom stereocenters. The van der Waals surface area contributed by atoms with E-state index in [0.29, 0.717) is 38.4 Å². The van der Waals surface area contributed by atoms with E-state index in [4.69, 9.17) is 9.47 Å². The molecule has 6 rings (SSSR count). The Balaban J connectivity index is 1.42. The molecule has 3 aliphatic rings. The van der Waals surface area contributed by atoms with Gasteiger partial charge < -0.3 is 14.4 Å². The van der Waals surface area contributed by atoms with Gasteiger partial charge in [-0.15, -0.1) is 0 Å². The molecule has 0 radical (unpaired) electrons. The maximum Gasteiger partial charge on any atom is 0.240 e. The van der Waals surface area contributed by atoms with Gasteiger partial charge in [0.25, 0.3) is 0 Å². The van der Waals surface area contributed by atoms with Crippen LogP contribution in [0, 0.1) is 11.8 Å². The van der Waals surface area contributed by atoms with Gasteiger partial charge in [0.1, 0.15) is 17.5 Å². The van der Waals surface area contributed by atoms with E-state index in [0.717, 1.165) is 4.90 Å². The molecule has 2 fully saturated rings. The number of rotatable bonds is 7. The number of allylic oxidation sites excluding steroid dienone is 2. The van der Waals surface area contributed by atoms with E-state index in [9.17, 15) is 19.2 Å². The van der Waals surface area contributed by atoms with Crippen LogP contribution in [0.3, 0.4) is 0 Å². The molecule has 4 atom stereocenters. The molecule has 2 saturated heterocycles. The topological polar surface area (TPSA) is 93.2 Å². The number of benzene rings is 3. The molecular weight excluding hydrogens is 588 g/mol. The minimum atomic E-state index is -0.953. The molecule has 0 aromatic heterocycles. The number of ether oxygens (including phenoxy) is 2. The fraction of sp³-hybridized carbons (Fsp3) is 0.188. The van der Waals surface area contributed by atoms with Crippen molar-refractivity contribution in [2.45, 2.75) is 12.1 Å². The van der Waals surface area contributed by atoms with Crippen LogP contribution >= 0.6 is 15.9 Å². The summed E-state index contributed by atoms with van der Waals surface area (Å²) in [4.78, 5) is 58.3. The summed E-state index contributed by atoms with van der Waals surface area (Å²) >= 11 is 3.44. The molecule has 3 aliphatic heterocycles. The Hall–Kier alpha value is -4.50. The van der Waals surface area contributed by atoms with Crippen LogP contribution in [0.15, 0.2) is 101 Å². The average molecular weight is 613 g/mol. The fourth-order valence-corrected chi connectivity index (χ4v) is 6.47. The summed E-state index contributed by atoms with van der Waals surface area (Å²) in [5.41, 5.74) is 1.68. The Labute approximate surface area is 245 Å². The van der Waals surface area contributed by atoms with Crippen LogP contribution in [-0.2, 0) is 9.59 Å². The molecule has 0 spiro atoms. The molecule has 0 bridgehead atoms. The molecule has 3 heterocycles. The van der Waals surface area contributed by atoms with Crippen LogP contribution in [0.4, 0.5) is 5.69 Å². The number of carbonyl (C=O) groups excluding carboxylic acids is 4. The minimum absolute atomic E-state index is 0.198. The van der Waals surface area contributed by atoms with E-state index < -0.39 is 35.7 Å². The Morgan fingerprint density at radius 3 is 2.20 bits per heavy atom. The van der Waals surface area contributed by atoms with E-state index in [1.165, 1.54) is 14.2 Å². The Kier molecular flexibility index (Phi) is 6.83. The second-order valence-corrected chi connectivity index (χ2v) is 10.8.